The van der Waals surface area contributed by atoms with Crippen LogP contribution in [0, 0.1) is 0 Å². The number of amides is 1. The van der Waals surface area contributed by atoms with Gasteiger partial charge in [0.25, 0.3) is 5.91 Å². The second-order valence-corrected chi connectivity index (χ2v) is 4.70. The van der Waals surface area contributed by atoms with Gasteiger partial charge >= 0.3 is 0 Å². The topological polar surface area (TPSA) is 72.6 Å². The molecule has 20 heavy (non-hydrogen) atoms. The van der Waals surface area contributed by atoms with Gasteiger partial charge in [-0.15, -0.1) is 0 Å². The van der Waals surface area contributed by atoms with Crippen LogP contribution in [0.2, 0.25) is 5.02 Å². The van der Waals surface area contributed by atoms with Crippen LogP contribution in [0.5, 0.6) is 5.75 Å². The van der Waals surface area contributed by atoms with Crippen molar-refractivity contribution < 1.29 is 14.6 Å². The van der Waals surface area contributed by atoms with Gasteiger partial charge in [0, 0.05) is 5.02 Å². The van der Waals surface area contributed by atoms with E-state index in [4.69, 9.17) is 27.2 Å². The average molecular weight is 292 g/mol. The Bertz CT molecular complexity index is 611. The van der Waals surface area contributed by atoms with Gasteiger partial charge in [0.1, 0.15) is 12.4 Å². The van der Waals surface area contributed by atoms with E-state index in [9.17, 15) is 4.79 Å². The van der Waals surface area contributed by atoms with Gasteiger partial charge in [0.05, 0.1) is 12.2 Å². The highest BCUT2D eigenvalue weighted by Gasteiger charge is 2.10. The van der Waals surface area contributed by atoms with Gasteiger partial charge in [0.2, 0.25) is 0 Å². The Labute approximate surface area is 121 Å². The van der Waals surface area contributed by atoms with E-state index in [2.05, 4.69) is 0 Å². The molecule has 0 aromatic heterocycles. The first-order valence-corrected chi connectivity index (χ1v) is 6.39. The SMILES string of the molecule is NC(=O)c1ccc(Cl)cc1OCc1ccc(CO)cc1. The second kappa shape index (κ2) is 6.41. The molecule has 0 aliphatic rings. The molecule has 5 heteroatoms. The highest BCUT2D eigenvalue weighted by atomic mass is 35.5. The standard InChI is InChI=1S/C15H14ClNO3/c16-12-5-6-13(15(17)19)14(7-12)20-9-11-3-1-10(8-18)2-4-11/h1-7,18H,8-9H2,(H2,17,19). The van der Waals surface area contributed by atoms with Crippen molar-refractivity contribution in [1.82, 2.24) is 0 Å². The van der Waals surface area contributed by atoms with Crippen LogP contribution in [0.1, 0.15) is 21.5 Å². The number of hydrogen-bond acceptors (Lipinski definition) is 3. The Morgan fingerprint density at radius 2 is 1.80 bits per heavy atom. The maximum atomic E-state index is 11.3. The second-order valence-electron chi connectivity index (χ2n) is 4.27. The largest absolute Gasteiger partial charge is 0.488 e. The summed E-state index contributed by atoms with van der Waals surface area (Å²) in [4.78, 5) is 11.3. The molecule has 2 aromatic rings. The van der Waals surface area contributed by atoms with Crippen LogP contribution >= 0.6 is 11.6 Å². The molecule has 4 nitrogen and oxygen atoms in total. The number of ether oxygens (including phenoxy) is 1. The van der Waals surface area contributed by atoms with Crippen LogP contribution in [0.25, 0.3) is 0 Å². The number of carbonyl (C=O) groups excluding carboxylic acids is 1. The molecule has 0 radical (unpaired) electrons. The Balaban J connectivity index is 2.13. The smallest absolute Gasteiger partial charge is 0.252 e. The molecule has 2 rings (SSSR count). The van der Waals surface area contributed by atoms with E-state index in [1.807, 2.05) is 24.3 Å². The summed E-state index contributed by atoms with van der Waals surface area (Å²) in [6, 6.07) is 12.0. The molecule has 0 aliphatic carbocycles. The summed E-state index contributed by atoms with van der Waals surface area (Å²) < 4.78 is 5.59. The van der Waals surface area contributed by atoms with Crippen molar-refractivity contribution in [2.45, 2.75) is 13.2 Å². The lowest BCUT2D eigenvalue weighted by Gasteiger charge is -2.10. The Morgan fingerprint density at radius 1 is 1.15 bits per heavy atom. The predicted molar refractivity (Wildman–Crippen MR) is 76.7 cm³/mol. The molecule has 0 aliphatic heterocycles. The lowest BCUT2D eigenvalue weighted by atomic mass is 10.1. The van der Waals surface area contributed by atoms with E-state index >= 15 is 0 Å². The molecular weight excluding hydrogens is 278 g/mol. The number of benzene rings is 2. The molecule has 0 bridgehead atoms. The fourth-order valence-electron chi connectivity index (χ4n) is 1.72. The van der Waals surface area contributed by atoms with Crippen molar-refractivity contribution in [2.24, 2.45) is 5.73 Å². The molecule has 0 spiro atoms. The summed E-state index contributed by atoms with van der Waals surface area (Å²) in [7, 11) is 0. The Hall–Kier alpha value is -2.04. The summed E-state index contributed by atoms with van der Waals surface area (Å²) in [5, 5.41) is 9.44. The number of halogens is 1. The summed E-state index contributed by atoms with van der Waals surface area (Å²) in [5.74, 6) is -0.205. The van der Waals surface area contributed by atoms with Gasteiger partial charge in [-0.25, -0.2) is 0 Å². The maximum Gasteiger partial charge on any atom is 0.252 e. The molecule has 0 fully saturated rings. The molecule has 0 saturated heterocycles. The van der Waals surface area contributed by atoms with E-state index < -0.39 is 5.91 Å². The number of nitrogens with two attached hydrogens (primary N) is 1. The number of carbonyl (C=O) groups is 1. The molecule has 0 saturated carbocycles. The van der Waals surface area contributed by atoms with E-state index in [1.165, 1.54) is 6.07 Å². The van der Waals surface area contributed by atoms with Gasteiger partial charge in [-0.1, -0.05) is 35.9 Å². The first-order valence-electron chi connectivity index (χ1n) is 6.01. The minimum absolute atomic E-state index is 0.00124. The first kappa shape index (κ1) is 14.4. The van der Waals surface area contributed by atoms with Crippen LogP contribution < -0.4 is 10.5 Å². The van der Waals surface area contributed by atoms with Gasteiger partial charge in [-0.2, -0.15) is 0 Å². The first-order chi connectivity index (χ1) is 9.60. The van der Waals surface area contributed by atoms with E-state index in [0.29, 0.717) is 16.3 Å². The third-order valence-corrected chi connectivity index (χ3v) is 3.04. The maximum absolute atomic E-state index is 11.3. The van der Waals surface area contributed by atoms with Crippen molar-refractivity contribution in [3.63, 3.8) is 0 Å². The van der Waals surface area contributed by atoms with E-state index in [1.54, 1.807) is 12.1 Å². The van der Waals surface area contributed by atoms with Gasteiger partial charge in [-0.05, 0) is 29.3 Å². The van der Waals surface area contributed by atoms with Gasteiger partial charge in [-0.3, -0.25) is 4.79 Å². The summed E-state index contributed by atoms with van der Waals surface area (Å²) in [6.45, 7) is 0.285. The summed E-state index contributed by atoms with van der Waals surface area (Å²) in [6.07, 6.45) is 0. The van der Waals surface area contributed by atoms with E-state index in [0.717, 1.165) is 11.1 Å². The fourth-order valence-corrected chi connectivity index (χ4v) is 1.88. The lowest BCUT2D eigenvalue weighted by molar-refractivity contribution is 0.0996. The number of primary amides is 1. The number of aliphatic hydroxyl groups excluding tert-OH is 1. The number of hydrogen-bond donors (Lipinski definition) is 2. The Morgan fingerprint density at radius 3 is 2.40 bits per heavy atom. The molecule has 3 N–H and O–H groups in total. The van der Waals surface area contributed by atoms with Gasteiger partial charge < -0.3 is 15.6 Å². The van der Waals surface area contributed by atoms with Crippen molar-refractivity contribution >= 4 is 17.5 Å². The Kier molecular flexibility index (Phi) is 4.61. The van der Waals surface area contributed by atoms with E-state index in [-0.39, 0.29) is 13.2 Å². The van der Waals surface area contributed by atoms with Crippen LogP contribution in [-0.4, -0.2) is 11.0 Å². The third-order valence-electron chi connectivity index (χ3n) is 2.81. The van der Waals surface area contributed by atoms with Crippen LogP contribution in [0.15, 0.2) is 42.5 Å². The fraction of sp³-hybridized carbons (Fsp3) is 0.133. The summed E-state index contributed by atoms with van der Waals surface area (Å²) in [5.41, 5.74) is 7.32. The highest BCUT2D eigenvalue weighted by molar-refractivity contribution is 6.30. The monoisotopic (exact) mass is 291 g/mol. The van der Waals surface area contributed by atoms with Crippen LogP contribution in [-0.2, 0) is 13.2 Å². The van der Waals surface area contributed by atoms with Crippen molar-refractivity contribution in [3.05, 3.63) is 64.2 Å². The molecule has 104 valence electrons. The number of aliphatic hydroxyl groups is 1. The minimum Gasteiger partial charge on any atom is -0.488 e. The molecule has 2 aromatic carbocycles. The zero-order valence-corrected chi connectivity index (χ0v) is 11.4. The third kappa shape index (κ3) is 3.50. The van der Waals surface area contributed by atoms with Crippen molar-refractivity contribution in [2.75, 3.05) is 0 Å². The molecule has 0 unspecified atom stereocenters. The normalized spacial score (nSPS) is 10.3. The van der Waals surface area contributed by atoms with Gasteiger partial charge in [0.15, 0.2) is 0 Å². The molecular formula is C15H14ClNO3. The highest BCUT2D eigenvalue weighted by Crippen LogP contribution is 2.24. The predicted octanol–water partition coefficient (Wildman–Crippen LogP) is 2.51. The molecule has 1 amide bonds. The number of rotatable bonds is 5. The summed E-state index contributed by atoms with van der Waals surface area (Å²) >= 11 is 5.88. The lowest BCUT2D eigenvalue weighted by Crippen LogP contribution is -2.13. The van der Waals surface area contributed by atoms with Crippen LogP contribution in [0.3, 0.4) is 0 Å². The molecule has 0 atom stereocenters. The van der Waals surface area contributed by atoms with Crippen molar-refractivity contribution in [3.8, 4) is 5.75 Å². The van der Waals surface area contributed by atoms with Crippen LogP contribution in [0.4, 0.5) is 0 Å². The zero-order valence-electron chi connectivity index (χ0n) is 10.7. The quantitative estimate of drug-likeness (QED) is 0.889. The minimum atomic E-state index is -0.563. The zero-order chi connectivity index (χ0) is 14.5. The molecule has 0 heterocycles. The van der Waals surface area contributed by atoms with Crippen molar-refractivity contribution in [1.29, 1.82) is 0 Å². The average Bonchev–Trinajstić information content (AvgIpc) is 2.45.